The highest BCUT2D eigenvalue weighted by Gasteiger charge is 2.51. The molecule has 1 heterocycles. The van der Waals surface area contributed by atoms with E-state index in [0.717, 1.165) is 5.56 Å². The average molecular weight is 275 g/mol. The Bertz CT molecular complexity index is 488. The van der Waals surface area contributed by atoms with Crippen LogP contribution in [0.5, 0.6) is 0 Å². The first-order valence-electron chi connectivity index (χ1n) is 7.00. The molecule has 2 rings (SSSR count). The van der Waals surface area contributed by atoms with Crippen molar-refractivity contribution in [1.82, 2.24) is 4.90 Å². The Morgan fingerprint density at radius 1 is 1.45 bits per heavy atom. The van der Waals surface area contributed by atoms with Crippen LogP contribution >= 0.6 is 0 Å². The van der Waals surface area contributed by atoms with Gasteiger partial charge in [-0.2, -0.15) is 0 Å². The largest absolute Gasteiger partial charge is 0.459 e. The summed E-state index contributed by atoms with van der Waals surface area (Å²) in [5.74, 6) is -0.202. The van der Waals surface area contributed by atoms with Crippen molar-refractivity contribution in [1.29, 1.82) is 0 Å². The molecule has 2 unspecified atom stereocenters. The van der Waals surface area contributed by atoms with Gasteiger partial charge in [0, 0.05) is 0 Å². The zero-order chi connectivity index (χ0) is 14.8. The Morgan fingerprint density at radius 2 is 2.10 bits per heavy atom. The van der Waals surface area contributed by atoms with E-state index in [4.69, 9.17) is 4.74 Å². The van der Waals surface area contributed by atoms with E-state index < -0.39 is 5.60 Å². The smallest absolute Gasteiger partial charge is 0.293 e. The van der Waals surface area contributed by atoms with E-state index in [0.29, 0.717) is 19.4 Å². The maximum absolute atomic E-state index is 12.6. The summed E-state index contributed by atoms with van der Waals surface area (Å²) in [5, 5.41) is 0. The first-order chi connectivity index (χ1) is 9.53. The maximum atomic E-state index is 12.6. The predicted molar refractivity (Wildman–Crippen MR) is 75.9 cm³/mol. The van der Waals surface area contributed by atoms with Gasteiger partial charge in [-0.15, -0.1) is 0 Å². The van der Waals surface area contributed by atoms with Crippen molar-refractivity contribution in [3.8, 4) is 0 Å². The van der Waals surface area contributed by atoms with Crippen molar-refractivity contribution in [2.24, 2.45) is 5.92 Å². The summed E-state index contributed by atoms with van der Waals surface area (Å²) in [7, 11) is 0. The molecule has 0 saturated carbocycles. The standard InChI is InChI=1S/C16H21NO3/c1-4-14-15(19)17(10-16(14,3)20-11-18)12(2)13-8-6-5-7-9-13/h5-9,11-12,14H,4,10H2,1-3H3/t12-,14?,16?/m1/s1. The highest BCUT2D eigenvalue weighted by Crippen LogP contribution is 2.38. The first-order valence-corrected chi connectivity index (χ1v) is 7.00. The van der Waals surface area contributed by atoms with E-state index in [1.165, 1.54) is 0 Å². The number of hydrogen-bond acceptors (Lipinski definition) is 3. The molecule has 1 aromatic carbocycles. The number of amides is 1. The molecule has 20 heavy (non-hydrogen) atoms. The number of carbonyl (C=O) groups is 2. The molecule has 0 radical (unpaired) electrons. The molecule has 108 valence electrons. The van der Waals surface area contributed by atoms with Crippen LogP contribution in [-0.4, -0.2) is 29.4 Å². The minimum Gasteiger partial charge on any atom is -0.459 e. The third-order valence-electron chi connectivity index (χ3n) is 4.28. The van der Waals surface area contributed by atoms with Crippen LogP contribution < -0.4 is 0 Å². The topological polar surface area (TPSA) is 46.6 Å². The Hall–Kier alpha value is -1.84. The number of hydrogen-bond donors (Lipinski definition) is 0. The Balaban J connectivity index is 2.26. The van der Waals surface area contributed by atoms with Crippen molar-refractivity contribution in [2.45, 2.75) is 38.8 Å². The van der Waals surface area contributed by atoms with Gasteiger partial charge in [-0.1, -0.05) is 37.3 Å². The van der Waals surface area contributed by atoms with Gasteiger partial charge in [0.05, 0.1) is 18.5 Å². The first kappa shape index (κ1) is 14.6. The lowest BCUT2D eigenvalue weighted by Gasteiger charge is -2.28. The van der Waals surface area contributed by atoms with Crippen LogP contribution in [0.25, 0.3) is 0 Å². The second kappa shape index (κ2) is 5.65. The summed E-state index contributed by atoms with van der Waals surface area (Å²) < 4.78 is 5.24. The van der Waals surface area contributed by atoms with Crippen LogP contribution in [-0.2, 0) is 14.3 Å². The second-order valence-corrected chi connectivity index (χ2v) is 5.54. The molecule has 1 aliphatic rings. The molecule has 1 aliphatic heterocycles. The van der Waals surface area contributed by atoms with Gasteiger partial charge < -0.3 is 9.64 Å². The van der Waals surface area contributed by atoms with Crippen molar-refractivity contribution in [2.75, 3.05) is 6.54 Å². The SMILES string of the molecule is CCC1C(=O)N([C@H](C)c2ccccc2)CC1(C)OC=O. The molecular weight excluding hydrogens is 254 g/mol. The number of benzene rings is 1. The number of likely N-dealkylation sites (tertiary alicyclic amines) is 1. The van der Waals surface area contributed by atoms with Gasteiger partial charge in [0.1, 0.15) is 5.60 Å². The van der Waals surface area contributed by atoms with Gasteiger partial charge >= 0.3 is 0 Å². The lowest BCUT2D eigenvalue weighted by Crippen LogP contribution is -2.38. The van der Waals surface area contributed by atoms with E-state index in [1.54, 1.807) is 0 Å². The minimum absolute atomic E-state index is 0.0187. The number of carbonyl (C=O) groups excluding carboxylic acids is 2. The van der Waals surface area contributed by atoms with E-state index >= 15 is 0 Å². The highest BCUT2D eigenvalue weighted by molar-refractivity contribution is 5.83. The van der Waals surface area contributed by atoms with E-state index in [9.17, 15) is 9.59 Å². The summed E-state index contributed by atoms with van der Waals surface area (Å²) >= 11 is 0. The Morgan fingerprint density at radius 3 is 2.65 bits per heavy atom. The molecule has 0 aromatic heterocycles. The summed E-state index contributed by atoms with van der Waals surface area (Å²) in [4.78, 5) is 25.1. The molecule has 1 aromatic rings. The molecular formula is C16H21NO3. The monoisotopic (exact) mass is 275 g/mol. The minimum atomic E-state index is -0.726. The summed E-state index contributed by atoms with van der Waals surface area (Å²) in [5.41, 5.74) is 0.363. The normalized spacial score (nSPS) is 27.4. The molecule has 3 atom stereocenters. The van der Waals surface area contributed by atoms with Crippen molar-refractivity contribution >= 4 is 12.4 Å². The lowest BCUT2D eigenvalue weighted by molar-refractivity contribution is -0.145. The quantitative estimate of drug-likeness (QED) is 0.776. The zero-order valence-electron chi connectivity index (χ0n) is 12.2. The van der Waals surface area contributed by atoms with Crippen molar-refractivity contribution in [3.63, 3.8) is 0 Å². The number of rotatable bonds is 5. The van der Waals surface area contributed by atoms with Crippen LogP contribution in [0.3, 0.4) is 0 Å². The molecule has 0 spiro atoms. The second-order valence-electron chi connectivity index (χ2n) is 5.54. The molecule has 4 nitrogen and oxygen atoms in total. The molecule has 1 amide bonds. The molecule has 1 saturated heterocycles. The molecule has 4 heteroatoms. The Kier molecular flexibility index (Phi) is 4.12. The lowest BCUT2D eigenvalue weighted by atomic mass is 9.90. The van der Waals surface area contributed by atoms with E-state index in [-0.39, 0.29) is 17.9 Å². The average Bonchev–Trinajstić information content (AvgIpc) is 2.70. The fourth-order valence-corrected chi connectivity index (χ4v) is 3.06. The van der Waals surface area contributed by atoms with Crippen LogP contribution in [0.1, 0.15) is 38.8 Å². The summed E-state index contributed by atoms with van der Waals surface area (Å²) in [6, 6.07) is 9.88. The van der Waals surface area contributed by atoms with Gasteiger partial charge in [0.15, 0.2) is 0 Å². The molecule has 0 aliphatic carbocycles. The molecule has 0 bridgehead atoms. The van der Waals surface area contributed by atoms with Gasteiger partial charge in [0.2, 0.25) is 5.91 Å². The third-order valence-corrected chi connectivity index (χ3v) is 4.28. The summed E-state index contributed by atoms with van der Waals surface area (Å²) in [6.07, 6.45) is 0.668. The predicted octanol–water partition coefficient (Wildman–Crippen LogP) is 2.55. The van der Waals surface area contributed by atoms with Gasteiger partial charge in [-0.05, 0) is 25.8 Å². The van der Waals surface area contributed by atoms with Crippen LogP contribution in [0.15, 0.2) is 30.3 Å². The van der Waals surface area contributed by atoms with Crippen LogP contribution in [0, 0.1) is 5.92 Å². The molecule has 0 N–H and O–H groups in total. The van der Waals surface area contributed by atoms with Crippen LogP contribution in [0.2, 0.25) is 0 Å². The zero-order valence-corrected chi connectivity index (χ0v) is 12.2. The fraction of sp³-hybridized carbons (Fsp3) is 0.500. The van der Waals surface area contributed by atoms with Gasteiger partial charge in [0.25, 0.3) is 6.47 Å². The number of nitrogens with zero attached hydrogens (tertiary/aromatic N) is 1. The van der Waals surface area contributed by atoms with E-state index in [1.807, 2.05) is 56.0 Å². The van der Waals surface area contributed by atoms with Crippen molar-refractivity contribution in [3.05, 3.63) is 35.9 Å². The Labute approximate surface area is 119 Å². The summed E-state index contributed by atoms with van der Waals surface area (Å²) in [6.45, 7) is 6.69. The van der Waals surface area contributed by atoms with E-state index in [2.05, 4.69) is 0 Å². The maximum Gasteiger partial charge on any atom is 0.293 e. The number of ether oxygens (including phenoxy) is 1. The fourth-order valence-electron chi connectivity index (χ4n) is 3.06. The van der Waals surface area contributed by atoms with Crippen molar-refractivity contribution < 1.29 is 14.3 Å². The van der Waals surface area contributed by atoms with Gasteiger partial charge in [-0.3, -0.25) is 9.59 Å². The molecule has 1 fully saturated rings. The van der Waals surface area contributed by atoms with Gasteiger partial charge in [-0.25, -0.2) is 0 Å². The third kappa shape index (κ3) is 2.42. The highest BCUT2D eigenvalue weighted by atomic mass is 16.5. The van der Waals surface area contributed by atoms with Crippen LogP contribution in [0.4, 0.5) is 0 Å².